The molecule has 1 aliphatic carbocycles. The van der Waals surface area contributed by atoms with Gasteiger partial charge < -0.3 is 0 Å². The van der Waals surface area contributed by atoms with Crippen molar-refractivity contribution in [3.8, 4) is 0 Å². The second-order valence-electron chi connectivity index (χ2n) is 4.34. The van der Waals surface area contributed by atoms with Crippen molar-refractivity contribution in [1.82, 2.24) is 0 Å². The molecule has 1 aliphatic rings. The average Bonchev–Trinajstić information content (AvgIpc) is 2.32. The minimum atomic E-state index is 0. The van der Waals surface area contributed by atoms with Crippen LogP contribution in [0.1, 0.15) is 41.5 Å². The average molecular weight is 250 g/mol. The molecule has 0 heterocycles. The fourth-order valence-corrected chi connectivity index (χ4v) is 1.52. The van der Waals surface area contributed by atoms with Crippen LogP contribution in [0.2, 0.25) is 0 Å². The van der Waals surface area contributed by atoms with Crippen molar-refractivity contribution in [3.63, 3.8) is 0 Å². The van der Waals surface area contributed by atoms with Gasteiger partial charge in [-0.3, -0.25) is 12.7 Å². The zero-order valence-electron chi connectivity index (χ0n) is 11.3. The maximum atomic E-state index is 4.93. The van der Waals surface area contributed by atoms with Crippen molar-refractivity contribution < 1.29 is 21.7 Å². The van der Waals surface area contributed by atoms with E-state index in [1.165, 1.54) is 22.8 Å². The Morgan fingerprint density at radius 3 is 1.75 bits per heavy atom. The van der Waals surface area contributed by atoms with E-state index in [0.717, 1.165) is 0 Å². The summed E-state index contributed by atoms with van der Waals surface area (Å²) in [5, 5.41) is 0. The molecule has 0 fully saturated rings. The SMILES string of the molecule is CC1=[C-]C(C)(C)C(C)=C1C.[CH-]=CC=CC.[Ti+2]. The molecule has 0 saturated carbocycles. The molecule has 0 spiro atoms. The van der Waals surface area contributed by atoms with Gasteiger partial charge in [0.2, 0.25) is 0 Å². The molecule has 0 aromatic heterocycles. The second kappa shape index (κ2) is 7.87. The Balaban J connectivity index is 0. The Morgan fingerprint density at radius 2 is 1.69 bits per heavy atom. The number of hydrogen-bond acceptors (Lipinski definition) is 0. The van der Waals surface area contributed by atoms with Gasteiger partial charge in [-0.25, -0.2) is 17.7 Å². The molecular weight excluding hydrogens is 228 g/mol. The molecule has 0 aliphatic heterocycles. The van der Waals surface area contributed by atoms with E-state index in [4.69, 9.17) is 6.58 Å². The van der Waals surface area contributed by atoms with E-state index in [1.54, 1.807) is 6.08 Å². The van der Waals surface area contributed by atoms with E-state index in [1.807, 2.05) is 13.0 Å². The maximum Gasteiger partial charge on any atom is 2.00 e. The van der Waals surface area contributed by atoms with Crippen LogP contribution in [0.25, 0.3) is 0 Å². The van der Waals surface area contributed by atoms with Crippen molar-refractivity contribution in [1.29, 1.82) is 0 Å². The van der Waals surface area contributed by atoms with Gasteiger partial charge in [0.1, 0.15) is 0 Å². The molecule has 1 heteroatoms. The number of hydrogen-bond donors (Lipinski definition) is 0. The van der Waals surface area contributed by atoms with Crippen LogP contribution in [-0.2, 0) is 21.7 Å². The Kier molecular flexibility index (Phi) is 8.88. The largest absolute Gasteiger partial charge is 2.00 e. The minimum Gasteiger partial charge on any atom is -0.293 e. The summed E-state index contributed by atoms with van der Waals surface area (Å²) >= 11 is 0. The van der Waals surface area contributed by atoms with Crippen LogP contribution in [0.4, 0.5) is 0 Å². The van der Waals surface area contributed by atoms with Crippen molar-refractivity contribution in [2.45, 2.75) is 41.5 Å². The van der Waals surface area contributed by atoms with E-state index < -0.39 is 0 Å². The summed E-state index contributed by atoms with van der Waals surface area (Å²) in [6, 6.07) is 0. The topological polar surface area (TPSA) is 0 Å². The molecule has 0 radical (unpaired) electrons. The zero-order valence-corrected chi connectivity index (χ0v) is 12.9. The van der Waals surface area contributed by atoms with Gasteiger partial charge >= 0.3 is 21.7 Å². The summed E-state index contributed by atoms with van der Waals surface area (Å²) in [4.78, 5) is 0. The summed E-state index contributed by atoms with van der Waals surface area (Å²) < 4.78 is 0. The molecule has 0 aromatic rings. The van der Waals surface area contributed by atoms with Gasteiger partial charge in [-0.1, -0.05) is 40.0 Å². The smallest absolute Gasteiger partial charge is 0.293 e. The van der Waals surface area contributed by atoms with Gasteiger partial charge in [-0.15, -0.1) is 6.92 Å². The first-order valence-corrected chi connectivity index (χ1v) is 5.33. The first-order valence-electron chi connectivity index (χ1n) is 5.33. The molecule has 0 amide bonds. The third-order valence-corrected chi connectivity index (χ3v) is 2.87. The Hall–Kier alpha value is -0.326. The third kappa shape index (κ3) is 5.14. The summed E-state index contributed by atoms with van der Waals surface area (Å²) in [5.41, 5.74) is 4.39. The van der Waals surface area contributed by atoms with Crippen LogP contribution < -0.4 is 0 Å². The predicted molar refractivity (Wildman–Crippen MR) is 68.3 cm³/mol. The van der Waals surface area contributed by atoms with Crippen molar-refractivity contribution in [3.05, 3.63) is 47.6 Å². The fraction of sp³-hybridized carbons (Fsp3) is 0.467. The van der Waals surface area contributed by atoms with Gasteiger partial charge in [0, 0.05) is 0 Å². The van der Waals surface area contributed by atoms with E-state index in [0.29, 0.717) is 0 Å². The number of rotatable bonds is 1. The molecule has 16 heavy (non-hydrogen) atoms. The van der Waals surface area contributed by atoms with Crippen LogP contribution in [0, 0.1) is 18.1 Å². The summed E-state index contributed by atoms with van der Waals surface area (Å²) in [5.74, 6) is 0. The first-order chi connectivity index (χ1) is 6.86. The van der Waals surface area contributed by atoms with Crippen molar-refractivity contribution >= 4 is 0 Å². The molecule has 0 bridgehead atoms. The maximum absolute atomic E-state index is 4.93. The Bertz CT molecular complexity index is 314. The van der Waals surface area contributed by atoms with Crippen molar-refractivity contribution in [2.24, 2.45) is 5.41 Å². The first kappa shape index (κ1) is 18.1. The minimum absolute atomic E-state index is 0. The molecule has 0 N–H and O–H groups in total. The van der Waals surface area contributed by atoms with Crippen molar-refractivity contribution in [2.75, 3.05) is 0 Å². The van der Waals surface area contributed by atoms with Crippen LogP contribution in [-0.4, -0.2) is 0 Å². The fourth-order valence-electron chi connectivity index (χ4n) is 1.52. The molecule has 0 saturated heterocycles. The molecule has 86 valence electrons. The van der Waals surface area contributed by atoms with E-state index in [2.05, 4.69) is 40.7 Å². The van der Waals surface area contributed by atoms with Gasteiger partial charge in [-0.2, -0.15) is 17.2 Å². The molecular formula is C15H22Ti. The molecule has 0 aromatic carbocycles. The standard InChI is InChI=1S/C10H15.C5H7.Ti/c1-7-6-10(4,5)9(3)8(7)2;1-3-5-4-2;/h1-5H3;1,3-5H,2H3;/q2*-1;+2. The predicted octanol–water partition coefficient (Wildman–Crippen LogP) is 4.66. The van der Waals surface area contributed by atoms with Gasteiger partial charge in [0.25, 0.3) is 0 Å². The van der Waals surface area contributed by atoms with Gasteiger partial charge in [0.05, 0.1) is 0 Å². The second-order valence-corrected chi connectivity index (χ2v) is 4.34. The molecule has 1 rings (SSSR count). The normalized spacial score (nSPS) is 17.5. The quantitative estimate of drug-likeness (QED) is 0.360. The molecule has 0 atom stereocenters. The molecule has 0 unspecified atom stereocenters. The van der Waals surface area contributed by atoms with E-state index >= 15 is 0 Å². The Morgan fingerprint density at radius 1 is 1.19 bits per heavy atom. The summed E-state index contributed by atoms with van der Waals surface area (Å²) in [6.45, 7) is 17.8. The summed E-state index contributed by atoms with van der Waals surface area (Å²) in [6.07, 6.45) is 8.59. The van der Waals surface area contributed by atoms with Gasteiger partial charge in [-0.05, 0) is 0 Å². The zero-order chi connectivity index (χ0) is 12.1. The van der Waals surface area contributed by atoms with Crippen LogP contribution >= 0.6 is 0 Å². The third-order valence-electron chi connectivity index (χ3n) is 2.87. The van der Waals surface area contributed by atoms with E-state index in [9.17, 15) is 0 Å². The molecule has 0 nitrogen and oxygen atoms in total. The van der Waals surface area contributed by atoms with Crippen LogP contribution in [0.15, 0.2) is 34.9 Å². The number of allylic oxidation sites excluding steroid dienone is 7. The van der Waals surface area contributed by atoms with Crippen LogP contribution in [0.5, 0.6) is 0 Å². The Labute approximate surface area is 116 Å². The van der Waals surface area contributed by atoms with Gasteiger partial charge in [0.15, 0.2) is 0 Å². The summed E-state index contributed by atoms with van der Waals surface area (Å²) in [7, 11) is 0. The monoisotopic (exact) mass is 250 g/mol. The van der Waals surface area contributed by atoms with Crippen LogP contribution in [0.3, 0.4) is 0 Å². The van der Waals surface area contributed by atoms with E-state index in [-0.39, 0.29) is 27.1 Å².